The molecule has 0 bridgehead atoms. The van der Waals surface area contributed by atoms with Gasteiger partial charge >= 0.3 is 0 Å². The van der Waals surface area contributed by atoms with E-state index in [1.54, 1.807) is 12.0 Å². The molecule has 0 spiro atoms. The normalized spacial score (nSPS) is 28.4. The number of benzene rings is 2. The van der Waals surface area contributed by atoms with Crippen LogP contribution in [0.3, 0.4) is 0 Å². The zero-order valence-electron chi connectivity index (χ0n) is 17.1. The Kier molecular flexibility index (Phi) is 6.33. The standard InChI is InChI=1S/C24H32N2O/c1-19-18-26(3)20(2)16-24(19,22-8-6-5-7-9-22)14-15-25-17-21-10-12-23(27-4)13-11-21/h5-13,17,19-20H,14-16,18H2,1-4H3/p+1/t19-,20+,24-/m1/s1. The SMILES string of the molecule is COc1ccc(C=NCC[C@@]2(c3ccccc3)C[C@H](C)[NH+](C)C[C@H]2C)cc1. The highest BCUT2D eigenvalue weighted by atomic mass is 16.5. The number of aliphatic imine (C=N–C) groups is 1. The Morgan fingerprint density at radius 1 is 1.11 bits per heavy atom. The third kappa shape index (κ3) is 4.41. The third-order valence-electron chi connectivity index (χ3n) is 6.48. The van der Waals surface area contributed by atoms with Crippen molar-refractivity contribution >= 4 is 6.21 Å². The first-order valence-corrected chi connectivity index (χ1v) is 10.1. The van der Waals surface area contributed by atoms with Gasteiger partial charge in [-0.15, -0.1) is 0 Å². The number of hydrogen-bond donors (Lipinski definition) is 1. The van der Waals surface area contributed by atoms with Gasteiger partial charge in [0.1, 0.15) is 5.75 Å². The molecule has 27 heavy (non-hydrogen) atoms. The van der Waals surface area contributed by atoms with Gasteiger partial charge in [0.05, 0.1) is 26.7 Å². The van der Waals surface area contributed by atoms with Crippen LogP contribution in [0.1, 0.15) is 37.8 Å². The Morgan fingerprint density at radius 2 is 1.81 bits per heavy atom. The quantitative estimate of drug-likeness (QED) is 0.780. The maximum Gasteiger partial charge on any atom is 0.118 e. The van der Waals surface area contributed by atoms with Crippen molar-refractivity contribution < 1.29 is 9.64 Å². The summed E-state index contributed by atoms with van der Waals surface area (Å²) >= 11 is 0. The predicted molar refractivity (Wildman–Crippen MR) is 113 cm³/mol. The molecule has 0 radical (unpaired) electrons. The average molecular weight is 366 g/mol. The van der Waals surface area contributed by atoms with Crippen molar-refractivity contribution in [3.05, 3.63) is 65.7 Å². The average Bonchev–Trinajstić information content (AvgIpc) is 2.70. The molecule has 1 aliphatic heterocycles. The minimum Gasteiger partial charge on any atom is -0.497 e. The van der Waals surface area contributed by atoms with E-state index in [-0.39, 0.29) is 5.41 Å². The molecule has 1 N–H and O–H groups in total. The number of methoxy groups -OCH3 is 1. The molecule has 0 aliphatic carbocycles. The summed E-state index contributed by atoms with van der Waals surface area (Å²) in [5, 5.41) is 0. The molecule has 1 saturated heterocycles. The summed E-state index contributed by atoms with van der Waals surface area (Å²) in [7, 11) is 4.02. The first kappa shape index (κ1) is 19.6. The molecule has 1 heterocycles. The second-order valence-electron chi connectivity index (χ2n) is 8.14. The van der Waals surface area contributed by atoms with Gasteiger partial charge in [-0.1, -0.05) is 37.3 Å². The second kappa shape index (κ2) is 8.71. The first-order valence-electron chi connectivity index (χ1n) is 10.1. The highest BCUT2D eigenvalue weighted by molar-refractivity contribution is 5.79. The number of quaternary nitrogens is 1. The van der Waals surface area contributed by atoms with Crippen LogP contribution in [0.25, 0.3) is 0 Å². The van der Waals surface area contributed by atoms with E-state index in [2.05, 4.69) is 63.4 Å². The summed E-state index contributed by atoms with van der Waals surface area (Å²) in [6.07, 6.45) is 4.32. The Hall–Kier alpha value is -2.13. The van der Waals surface area contributed by atoms with Gasteiger partial charge in [-0.2, -0.15) is 0 Å². The Bertz CT molecular complexity index is 741. The molecule has 3 rings (SSSR count). The largest absolute Gasteiger partial charge is 0.497 e. The zero-order chi connectivity index (χ0) is 19.3. The van der Waals surface area contributed by atoms with E-state index in [4.69, 9.17) is 9.73 Å². The summed E-state index contributed by atoms with van der Waals surface area (Å²) < 4.78 is 5.22. The van der Waals surface area contributed by atoms with Crippen molar-refractivity contribution in [2.45, 2.75) is 38.1 Å². The minimum atomic E-state index is 0.220. The molecule has 3 nitrogen and oxygen atoms in total. The molecule has 2 aromatic rings. The lowest BCUT2D eigenvalue weighted by atomic mass is 9.63. The molecule has 1 aliphatic rings. The number of nitrogens with one attached hydrogen (secondary N) is 1. The van der Waals surface area contributed by atoms with Crippen LogP contribution in [-0.2, 0) is 5.41 Å². The highest BCUT2D eigenvalue weighted by Crippen LogP contribution is 2.41. The number of piperidine rings is 1. The number of hydrogen-bond acceptors (Lipinski definition) is 2. The molecule has 4 atom stereocenters. The molecule has 1 fully saturated rings. The Morgan fingerprint density at radius 3 is 2.48 bits per heavy atom. The van der Waals surface area contributed by atoms with Crippen molar-refractivity contribution in [1.82, 2.24) is 0 Å². The van der Waals surface area contributed by atoms with Crippen molar-refractivity contribution in [2.75, 3.05) is 27.2 Å². The van der Waals surface area contributed by atoms with Gasteiger partial charge in [0.15, 0.2) is 0 Å². The van der Waals surface area contributed by atoms with Crippen LogP contribution in [0.15, 0.2) is 59.6 Å². The predicted octanol–water partition coefficient (Wildman–Crippen LogP) is 3.39. The summed E-state index contributed by atoms with van der Waals surface area (Å²) in [5.74, 6) is 1.53. The fraction of sp³-hybridized carbons (Fsp3) is 0.458. The van der Waals surface area contributed by atoms with E-state index >= 15 is 0 Å². The lowest BCUT2D eigenvalue weighted by Crippen LogP contribution is -3.15. The second-order valence-corrected chi connectivity index (χ2v) is 8.14. The van der Waals surface area contributed by atoms with E-state index < -0.39 is 0 Å². The Labute approximate surface area is 164 Å². The fourth-order valence-electron chi connectivity index (χ4n) is 4.59. The Balaban J connectivity index is 1.75. The van der Waals surface area contributed by atoms with Gasteiger partial charge in [-0.3, -0.25) is 4.99 Å². The van der Waals surface area contributed by atoms with Crippen molar-refractivity contribution in [3.8, 4) is 5.75 Å². The molecule has 0 amide bonds. The molecule has 144 valence electrons. The molecule has 0 aromatic heterocycles. The maximum absolute atomic E-state index is 5.22. The van der Waals surface area contributed by atoms with Crippen molar-refractivity contribution in [3.63, 3.8) is 0 Å². The number of rotatable bonds is 6. The lowest BCUT2D eigenvalue weighted by molar-refractivity contribution is -0.915. The van der Waals surface area contributed by atoms with Crippen LogP contribution in [0.2, 0.25) is 0 Å². The summed E-state index contributed by atoms with van der Waals surface area (Å²) in [6, 6.07) is 19.9. The molecule has 0 saturated carbocycles. The monoisotopic (exact) mass is 365 g/mol. The molecular formula is C24H33N2O+. The van der Waals surface area contributed by atoms with E-state index in [0.29, 0.717) is 12.0 Å². The maximum atomic E-state index is 5.22. The minimum absolute atomic E-state index is 0.220. The zero-order valence-corrected chi connectivity index (χ0v) is 17.1. The van der Waals surface area contributed by atoms with Gasteiger partial charge < -0.3 is 9.64 Å². The molecule has 1 unspecified atom stereocenters. The first-order chi connectivity index (χ1) is 13.0. The van der Waals surface area contributed by atoms with E-state index in [1.165, 1.54) is 18.5 Å². The van der Waals surface area contributed by atoms with E-state index in [9.17, 15) is 0 Å². The van der Waals surface area contributed by atoms with Crippen LogP contribution >= 0.6 is 0 Å². The molecule has 3 heteroatoms. The number of ether oxygens (including phenoxy) is 1. The lowest BCUT2D eigenvalue weighted by Gasteiger charge is -2.47. The third-order valence-corrected chi connectivity index (χ3v) is 6.48. The fourth-order valence-corrected chi connectivity index (χ4v) is 4.59. The molecular weight excluding hydrogens is 332 g/mol. The van der Waals surface area contributed by atoms with Crippen LogP contribution in [-0.4, -0.2) is 39.5 Å². The van der Waals surface area contributed by atoms with E-state index in [1.807, 2.05) is 18.3 Å². The van der Waals surface area contributed by atoms with Gasteiger partial charge in [0, 0.05) is 30.5 Å². The van der Waals surface area contributed by atoms with Crippen LogP contribution in [0.5, 0.6) is 5.75 Å². The number of nitrogens with zero attached hydrogens (tertiary/aromatic N) is 1. The highest BCUT2D eigenvalue weighted by Gasteiger charge is 2.45. The van der Waals surface area contributed by atoms with Gasteiger partial charge in [0.2, 0.25) is 0 Å². The van der Waals surface area contributed by atoms with Crippen LogP contribution < -0.4 is 9.64 Å². The van der Waals surface area contributed by atoms with E-state index in [0.717, 1.165) is 24.3 Å². The van der Waals surface area contributed by atoms with Gasteiger partial charge in [-0.25, -0.2) is 0 Å². The topological polar surface area (TPSA) is 26.0 Å². The van der Waals surface area contributed by atoms with Crippen LogP contribution in [0, 0.1) is 5.92 Å². The van der Waals surface area contributed by atoms with Crippen molar-refractivity contribution in [1.29, 1.82) is 0 Å². The smallest absolute Gasteiger partial charge is 0.118 e. The van der Waals surface area contributed by atoms with Gasteiger partial charge in [0.25, 0.3) is 0 Å². The number of likely N-dealkylation sites (tertiary alicyclic amines) is 1. The van der Waals surface area contributed by atoms with Crippen molar-refractivity contribution in [2.24, 2.45) is 10.9 Å². The summed E-state index contributed by atoms with van der Waals surface area (Å²) in [4.78, 5) is 6.42. The summed E-state index contributed by atoms with van der Waals surface area (Å²) in [6.45, 7) is 6.89. The van der Waals surface area contributed by atoms with Gasteiger partial charge in [-0.05, 0) is 48.7 Å². The molecule has 2 aromatic carbocycles. The summed E-state index contributed by atoms with van der Waals surface area (Å²) in [5.41, 5.74) is 2.83. The van der Waals surface area contributed by atoms with Crippen LogP contribution in [0.4, 0.5) is 0 Å².